The van der Waals surface area contributed by atoms with Gasteiger partial charge in [-0.05, 0) is 91.4 Å². The van der Waals surface area contributed by atoms with Gasteiger partial charge in [-0.25, -0.2) is 4.79 Å². The third-order valence-corrected chi connectivity index (χ3v) is 5.96. The van der Waals surface area contributed by atoms with Crippen LogP contribution in [0.5, 0.6) is 0 Å². The first-order valence-electron chi connectivity index (χ1n) is 11.7. The van der Waals surface area contributed by atoms with Crippen LogP contribution in [0.2, 0.25) is 0 Å². The van der Waals surface area contributed by atoms with E-state index < -0.39 is 12.7 Å². The van der Waals surface area contributed by atoms with Gasteiger partial charge in [0.1, 0.15) is 5.60 Å². The van der Waals surface area contributed by atoms with Crippen molar-refractivity contribution >= 4 is 30.7 Å². The molecule has 8 heteroatoms. The van der Waals surface area contributed by atoms with E-state index in [1.165, 1.54) is 12.7 Å². The van der Waals surface area contributed by atoms with Crippen LogP contribution in [0.1, 0.15) is 73.4 Å². The molecule has 0 aromatic heterocycles. The highest BCUT2D eigenvalue weighted by molar-refractivity contribution is 6.62. The lowest BCUT2D eigenvalue weighted by Gasteiger charge is -2.32. The number of benzene rings is 1. The van der Waals surface area contributed by atoms with Gasteiger partial charge in [0, 0.05) is 13.1 Å². The Morgan fingerprint density at radius 1 is 1.15 bits per heavy atom. The Labute approximate surface area is 205 Å². The molecule has 0 saturated carbocycles. The highest BCUT2D eigenvalue weighted by atomic mass is 16.7. The van der Waals surface area contributed by atoms with Crippen LogP contribution in [-0.2, 0) is 23.6 Å². The lowest BCUT2D eigenvalue weighted by molar-refractivity contribution is -0.126. The number of allylic oxidation sites excluding steroid dienone is 1. The van der Waals surface area contributed by atoms with Crippen LogP contribution in [0.25, 0.3) is 5.57 Å². The smallest absolute Gasteiger partial charge is 0.471 e. The number of rotatable bonds is 6. The largest absolute Gasteiger partial charge is 0.494 e. The van der Waals surface area contributed by atoms with Crippen molar-refractivity contribution in [1.82, 2.24) is 4.90 Å². The normalized spacial score (nSPS) is 16.9. The monoisotopic (exact) mass is 475 g/mol. The summed E-state index contributed by atoms with van der Waals surface area (Å²) in [4.78, 5) is 23.0. The second-order valence-corrected chi connectivity index (χ2v) is 10.4. The minimum atomic E-state index is -0.503. The summed E-state index contributed by atoms with van der Waals surface area (Å²) in [6.45, 7) is 21.4. The van der Waals surface area contributed by atoms with E-state index in [1.807, 2.05) is 27.7 Å². The summed E-state index contributed by atoms with van der Waals surface area (Å²) < 4.78 is 21.8. The quantitative estimate of drug-likeness (QED) is 0.437. The molecule has 1 aromatic rings. The zero-order valence-corrected chi connectivity index (χ0v) is 22.8. The van der Waals surface area contributed by atoms with Crippen LogP contribution in [0, 0.1) is 6.92 Å². The van der Waals surface area contributed by atoms with Gasteiger partial charge in [0.05, 0.1) is 18.3 Å². The molecule has 7 nitrogen and oxygen atoms in total. The van der Waals surface area contributed by atoms with Gasteiger partial charge in [0.15, 0.2) is 0 Å². The van der Waals surface area contributed by atoms with Crippen molar-refractivity contribution in [2.24, 2.45) is 0 Å². The number of carbonyl (C=O) groups is 2. The Morgan fingerprint density at radius 2 is 1.68 bits per heavy atom. The van der Waals surface area contributed by atoms with Crippen LogP contribution in [0.15, 0.2) is 24.3 Å². The summed E-state index contributed by atoms with van der Waals surface area (Å²) in [5.74, 6) is 0. The van der Waals surface area contributed by atoms with Crippen LogP contribution in [0.3, 0.4) is 0 Å². The van der Waals surface area contributed by atoms with Crippen molar-refractivity contribution in [2.45, 2.75) is 86.0 Å². The fourth-order valence-electron chi connectivity index (χ4n) is 3.21. The second-order valence-electron chi connectivity index (χ2n) is 10.4. The highest BCUT2D eigenvalue weighted by Gasteiger charge is 2.51. The van der Waals surface area contributed by atoms with E-state index in [0.29, 0.717) is 19.6 Å². The number of aryl methyl sites for hydroxylation is 1. The predicted molar refractivity (Wildman–Crippen MR) is 137 cm³/mol. The van der Waals surface area contributed by atoms with Crippen molar-refractivity contribution in [1.29, 1.82) is 0 Å². The van der Waals surface area contributed by atoms with Crippen molar-refractivity contribution in [3.8, 4) is 0 Å². The van der Waals surface area contributed by atoms with Crippen LogP contribution < -0.4 is 5.46 Å². The molecular formula is C26H42BNO6. The lowest BCUT2D eigenvalue weighted by Crippen LogP contribution is -2.41. The van der Waals surface area contributed by atoms with Crippen molar-refractivity contribution in [3.05, 3.63) is 35.4 Å². The van der Waals surface area contributed by atoms with Crippen molar-refractivity contribution in [2.75, 3.05) is 20.2 Å². The summed E-state index contributed by atoms with van der Waals surface area (Å²) in [6.07, 6.45) is 1.78. The number of methoxy groups -OCH3 is 1. The fraction of sp³-hybridized carbons (Fsp3) is 0.615. The number of hydrogen-bond acceptors (Lipinski definition) is 6. The third kappa shape index (κ3) is 8.17. The van der Waals surface area contributed by atoms with E-state index in [0.717, 1.165) is 16.6 Å². The molecule has 0 radical (unpaired) electrons. The highest BCUT2D eigenvalue weighted by Crippen LogP contribution is 2.36. The Balaban J connectivity index is 0.00000133. The molecule has 1 aliphatic heterocycles. The standard InChI is InChI=1S/C24H38BNO4.C2H4O2/c1-11-26(21(27)28-22(4,5)6)15-14-18(3)20-16-19(13-12-17(20)2)25-29-23(7,8)24(9,10)30-25;1-4-2-3/h12-14,16H,11,15H2,1-10H3;2H,1H3/b18-14+;. The molecule has 1 saturated heterocycles. The molecule has 0 N–H and O–H groups in total. The number of likely N-dealkylation sites (N-methyl/N-ethyl adjacent to an activating group) is 1. The summed E-state index contributed by atoms with van der Waals surface area (Å²) in [7, 11) is 0.920. The number of amides is 1. The molecule has 0 atom stereocenters. The number of carbonyl (C=O) groups excluding carboxylic acids is 2. The minimum absolute atomic E-state index is 0.295. The average Bonchev–Trinajstić information content (AvgIpc) is 2.94. The van der Waals surface area contributed by atoms with Gasteiger partial charge in [0.2, 0.25) is 0 Å². The maximum Gasteiger partial charge on any atom is 0.494 e. The molecular weight excluding hydrogens is 433 g/mol. The van der Waals surface area contributed by atoms with Gasteiger partial charge >= 0.3 is 13.2 Å². The molecule has 0 bridgehead atoms. The van der Waals surface area contributed by atoms with E-state index in [-0.39, 0.29) is 17.3 Å². The fourth-order valence-corrected chi connectivity index (χ4v) is 3.21. The molecule has 2 rings (SSSR count). The van der Waals surface area contributed by atoms with Crippen LogP contribution >= 0.6 is 0 Å². The zero-order chi connectivity index (χ0) is 26.3. The van der Waals surface area contributed by atoms with Crippen LogP contribution in [-0.4, -0.2) is 61.6 Å². The topological polar surface area (TPSA) is 74.3 Å². The van der Waals surface area contributed by atoms with Gasteiger partial charge in [-0.1, -0.05) is 24.3 Å². The molecule has 34 heavy (non-hydrogen) atoms. The Kier molecular flexibility index (Phi) is 10.4. The molecule has 0 unspecified atom stereocenters. The van der Waals surface area contributed by atoms with Gasteiger partial charge in [-0.15, -0.1) is 0 Å². The molecule has 1 aromatic carbocycles. The van der Waals surface area contributed by atoms with Crippen LogP contribution in [0.4, 0.5) is 4.79 Å². The summed E-state index contributed by atoms with van der Waals surface area (Å²) in [5.41, 5.74) is 3.16. The van der Waals surface area contributed by atoms with Crippen molar-refractivity contribution in [3.63, 3.8) is 0 Å². The lowest BCUT2D eigenvalue weighted by atomic mass is 9.77. The number of nitrogens with zero attached hydrogens (tertiary/aromatic N) is 1. The molecule has 1 heterocycles. The van der Waals surface area contributed by atoms with Gasteiger partial charge < -0.3 is 23.7 Å². The van der Waals surface area contributed by atoms with E-state index in [1.54, 1.807) is 4.90 Å². The number of ether oxygens (including phenoxy) is 2. The Bertz CT molecular complexity index is 857. The summed E-state index contributed by atoms with van der Waals surface area (Å²) >= 11 is 0. The van der Waals surface area contributed by atoms with Gasteiger partial charge in [0.25, 0.3) is 6.47 Å². The van der Waals surface area contributed by atoms with E-state index in [2.05, 4.69) is 70.6 Å². The Morgan fingerprint density at radius 3 is 2.12 bits per heavy atom. The maximum atomic E-state index is 12.4. The maximum absolute atomic E-state index is 12.4. The predicted octanol–water partition coefficient (Wildman–Crippen LogP) is 4.74. The summed E-state index contributed by atoms with van der Waals surface area (Å²) in [5, 5.41) is 0. The average molecular weight is 475 g/mol. The van der Waals surface area contributed by atoms with Crippen molar-refractivity contribution < 1.29 is 28.4 Å². The second kappa shape index (κ2) is 11.9. The zero-order valence-electron chi connectivity index (χ0n) is 22.8. The van der Waals surface area contributed by atoms with Gasteiger partial charge in [-0.3, -0.25) is 4.79 Å². The first kappa shape index (κ1) is 29.7. The molecule has 1 aliphatic rings. The number of hydrogen-bond donors (Lipinski definition) is 0. The van der Waals surface area contributed by atoms with Gasteiger partial charge in [-0.2, -0.15) is 0 Å². The van der Waals surface area contributed by atoms with E-state index in [4.69, 9.17) is 18.8 Å². The summed E-state index contributed by atoms with van der Waals surface area (Å²) in [6, 6.07) is 6.29. The first-order chi connectivity index (χ1) is 15.6. The molecule has 0 aliphatic carbocycles. The van der Waals surface area contributed by atoms with E-state index >= 15 is 0 Å². The third-order valence-electron chi connectivity index (χ3n) is 5.96. The SMILES string of the molecule is CCN(C/C=C(\C)c1cc(B2OC(C)(C)C(C)(C)O2)ccc1C)C(=O)OC(C)(C)C.COC=O. The first-order valence-corrected chi connectivity index (χ1v) is 11.7. The molecule has 1 fully saturated rings. The molecule has 0 spiro atoms. The molecule has 1 amide bonds. The molecule has 190 valence electrons. The minimum Gasteiger partial charge on any atom is -0.471 e. The van der Waals surface area contributed by atoms with E-state index in [9.17, 15) is 4.79 Å². The Hall–Kier alpha value is -2.32.